The quantitative estimate of drug-likeness (QED) is 0.310. The molecule has 1 heterocycles. The molecule has 0 bridgehead atoms. The molecule has 5 heteroatoms. The third-order valence-electron chi connectivity index (χ3n) is 3.25. The van der Waals surface area contributed by atoms with Gasteiger partial charge >= 0.3 is 5.97 Å². The molecule has 1 aliphatic heterocycles. The standard InChI is InChI=1S/C15H22Br2O3/c1-19-12(6-4-2-3-5-7-14(16)17)8-9-13-10-11-15(18)20-13/h7-9,12-13H,2-6,10-11H2,1H3/b9-8+/t12-,13+/m1/s1. The Kier molecular flexibility index (Phi) is 9.48. The zero-order valence-electron chi connectivity index (χ0n) is 11.8. The van der Waals surface area contributed by atoms with Gasteiger partial charge in [0.2, 0.25) is 0 Å². The first-order valence-electron chi connectivity index (χ1n) is 7.03. The molecule has 0 aromatic carbocycles. The Balaban J connectivity index is 2.14. The third-order valence-corrected chi connectivity index (χ3v) is 3.90. The Morgan fingerprint density at radius 2 is 2.25 bits per heavy atom. The number of ether oxygens (including phenoxy) is 2. The van der Waals surface area contributed by atoms with E-state index in [9.17, 15) is 4.79 Å². The maximum absolute atomic E-state index is 11.0. The third kappa shape index (κ3) is 8.22. The largest absolute Gasteiger partial charge is 0.458 e. The molecule has 0 aromatic heterocycles. The Morgan fingerprint density at radius 3 is 2.85 bits per heavy atom. The van der Waals surface area contributed by atoms with Gasteiger partial charge in [0.05, 0.1) is 9.50 Å². The van der Waals surface area contributed by atoms with Gasteiger partial charge in [-0.3, -0.25) is 4.79 Å². The summed E-state index contributed by atoms with van der Waals surface area (Å²) < 4.78 is 11.6. The minimum Gasteiger partial charge on any atom is -0.458 e. The predicted octanol–water partition coefficient (Wildman–Crippen LogP) is 4.84. The molecule has 0 unspecified atom stereocenters. The normalized spacial score (nSPS) is 20.1. The summed E-state index contributed by atoms with van der Waals surface area (Å²) in [6.45, 7) is 0. The van der Waals surface area contributed by atoms with E-state index >= 15 is 0 Å². The van der Waals surface area contributed by atoms with Crippen LogP contribution in [0.5, 0.6) is 0 Å². The molecule has 2 atom stereocenters. The highest BCUT2D eigenvalue weighted by Crippen LogP contribution is 2.17. The summed E-state index contributed by atoms with van der Waals surface area (Å²) in [6.07, 6.45) is 13.1. The smallest absolute Gasteiger partial charge is 0.306 e. The monoisotopic (exact) mass is 408 g/mol. The summed E-state index contributed by atoms with van der Waals surface area (Å²) in [5.74, 6) is -0.0976. The van der Waals surface area contributed by atoms with Gasteiger partial charge < -0.3 is 9.47 Å². The molecule has 0 radical (unpaired) electrons. The molecule has 1 saturated heterocycles. The zero-order valence-corrected chi connectivity index (χ0v) is 15.0. The van der Waals surface area contributed by atoms with Crippen LogP contribution in [0, 0.1) is 0 Å². The Morgan fingerprint density at radius 1 is 1.45 bits per heavy atom. The van der Waals surface area contributed by atoms with Crippen LogP contribution in [0.3, 0.4) is 0 Å². The van der Waals surface area contributed by atoms with Gasteiger partial charge in [0.25, 0.3) is 0 Å². The van der Waals surface area contributed by atoms with E-state index < -0.39 is 0 Å². The minimum atomic E-state index is -0.0976. The summed E-state index contributed by atoms with van der Waals surface area (Å²) >= 11 is 6.70. The zero-order chi connectivity index (χ0) is 14.8. The predicted molar refractivity (Wildman–Crippen MR) is 88.1 cm³/mol. The van der Waals surface area contributed by atoms with Crippen molar-refractivity contribution in [2.24, 2.45) is 0 Å². The van der Waals surface area contributed by atoms with Gasteiger partial charge in [0.1, 0.15) is 6.10 Å². The summed E-state index contributed by atoms with van der Waals surface area (Å²) in [4.78, 5) is 11.0. The second-order valence-electron chi connectivity index (χ2n) is 4.86. The molecule has 1 rings (SSSR count). The fraction of sp³-hybridized carbons (Fsp3) is 0.667. The highest BCUT2D eigenvalue weighted by molar-refractivity contribution is 9.28. The first-order valence-corrected chi connectivity index (χ1v) is 8.62. The molecular formula is C15H22Br2O3. The summed E-state index contributed by atoms with van der Waals surface area (Å²) in [6, 6.07) is 0. The van der Waals surface area contributed by atoms with E-state index in [0.717, 1.165) is 29.1 Å². The van der Waals surface area contributed by atoms with E-state index in [-0.39, 0.29) is 18.2 Å². The number of esters is 1. The average molecular weight is 410 g/mol. The minimum absolute atomic E-state index is 0.0541. The van der Waals surface area contributed by atoms with Crippen LogP contribution in [-0.2, 0) is 14.3 Å². The maximum Gasteiger partial charge on any atom is 0.306 e. The molecule has 0 aromatic rings. The molecule has 0 N–H and O–H groups in total. The van der Waals surface area contributed by atoms with Gasteiger partial charge in [-0.2, -0.15) is 0 Å². The van der Waals surface area contributed by atoms with Crippen molar-refractivity contribution in [2.45, 2.75) is 57.2 Å². The first kappa shape index (κ1) is 17.9. The van der Waals surface area contributed by atoms with Gasteiger partial charge in [-0.25, -0.2) is 0 Å². The Hall–Kier alpha value is -0.130. The van der Waals surface area contributed by atoms with Crippen LogP contribution in [0.4, 0.5) is 0 Å². The van der Waals surface area contributed by atoms with Crippen LogP contribution in [0.15, 0.2) is 21.6 Å². The molecule has 0 aliphatic carbocycles. The van der Waals surface area contributed by atoms with Crippen LogP contribution in [0.1, 0.15) is 44.9 Å². The number of halogens is 2. The summed E-state index contributed by atoms with van der Waals surface area (Å²) in [5.41, 5.74) is 0. The van der Waals surface area contributed by atoms with Crippen molar-refractivity contribution < 1.29 is 14.3 Å². The molecule has 0 saturated carbocycles. The van der Waals surface area contributed by atoms with E-state index in [0.29, 0.717) is 6.42 Å². The summed E-state index contributed by atoms with van der Waals surface area (Å²) in [5, 5.41) is 0. The highest BCUT2D eigenvalue weighted by Gasteiger charge is 2.20. The lowest BCUT2D eigenvalue weighted by atomic mass is 10.1. The Bertz CT molecular complexity index is 349. The molecule has 0 amide bonds. The average Bonchev–Trinajstić information content (AvgIpc) is 2.82. The van der Waals surface area contributed by atoms with Gasteiger partial charge in [-0.05, 0) is 63.6 Å². The van der Waals surface area contributed by atoms with E-state index in [1.165, 1.54) is 12.8 Å². The number of carbonyl (C=O) groups is 1. The number of allylic oxidation sites excluding steroid dienone is 1. The van der Waals surface area contributed by atoms with E-state index in [2.05, 4.69) is 37.9 Å². The lowest BCUT2D eigenvalue weighted by Crippen LogP contribution is -2.09. The van der Waals surface area contributed by atoms with Crippen LogP contribution >= 0.6 is 31.9 Å². The van der Waals surface area contributed by atoms with Crippen molar-refractivity contribution in [3.63, 3.8) is 0 Å². The molecule has 1 fully saturated rings. The summed E-state index contributed by atoms with van der Waals surface area (Å²) in [7, 11) is 1.72. The van der Waals surface area contributed by atoms with Gasteiger partial charge in [0, 0.05) is 13.5 Å². The Labute approximate surface area is 138 Å². The molecular weight excluding hydrogens is 388 g/mol. The van der Waals surface area contributed by atoms with E-state index in [1.54, 1.807) is 7.11 Å². The topological polar surface area (TPSA) is 35.5 Å². The van der Waals surface area contributed by atoms with Crippen molar-refractivity contribution in [1.29, 1.82) is 0 Å². The lowest BCUT2D eigenvalue weighted by Gasteiger charge is -2.11. The van der Waals surface area contributed by atoms with Crippen molar-refractivity contribution in [2.75, 3.05) is 7.11 Å². The number of unbranched alkanes of at least 4 members (excludes halogenated alkanes) is 3. The number of methoxy groups -OCH3 is 1. The number of rotatable bonds is 9. The highest BCUT2D eigenvalue weighted by atomic mass is 79.9. The van der Waals surface area contributed by atoms with Gasteiger partial charge in [0.15, 0.2) is 0 Å². The van der Waals surface area contributed by atoms with Gasteiger partial charge in [-0.1, -0.05) is 25.0 Å². The van der Waals surface area contributed by atoms with E-state index in [4.69, 9.17) is 9.47 Å². The second-order valence-corrected chi connectivity index (χ2v) is 7.63. The molecule has 0 spiro atoms. The SMILES string of the molecule is CO[C@@H](/C=C/[C@H]1CCC(=O)O1)CCCCCC=C(Br)Br. The van der Waals surface area contributed by atoms with E-state index in [1.807, 2.05) is 12.2 Å². The number of cyclic esters (lactones) is 1. The van der Waals surface area contributed by atoms with Crippen molar-refractivity contribution in [3.8, 4) is 0 Å². The lowest BCUT2D eigenvalue weighted by molar-refractivity contribution is -0.140. The van der Waals surface area contributed by atoms with Crippen LogP contribution < -0.4 is 0 Å². The van der Waals surface area contributed by atoms with Crippen molar-refractivity contribution >= 4 is 37.8 Å². The van der Waals surface area contributed by atoms with Crippen LogP contribution in [0.2, 0.25) is 0 Å². The first-order chi connectivity index (χ1) is 9.61. The fourth-order valence-corrected chi connectivity index (χ4v) is 2.56. The fourth-order valence-electron chi connectivity index (χ4n) is 2.10. The second kappa shape index (κ2) is 10.6. The molecule has 114 valence electrons. The van der Waals surface area contributed by atoms with Crippen molar-refractivity contribution in [1.82, 2.24) is 0 Å². The number of carbonyl (C=O) groups excluding carboxylic acids is 1. The maximum atomic E-state index is 11.0. The number of hydrogen-bond donors (Lipinski definition) is 0. The molecule has 1 aliphatic rings. The van der Waals surface area contributed by atoms with Crippen LogP contribution in [-0.4, -0.2) is 25.3 Å². The van der Waals surface area contributed by atoms with Crippen LogP contribution in [0.25, 0.3) is 0 Å². The number of hydrogen-bond acceptors (Lipinski definition) is 3. The van der Waals surface area contributed by atoms with Gasteiger partial charge in [-0.15, -0.1) is 0 Å². The molecule has 20 heavy (non-hydrogen) atoms. The molecule has 3 nitrogen and oxygen atoms in total. The van der Waals surface area contributed by atoms with Crippen molar-refractivity contribution in [3.05, 3.63) is 21.6 Å².